The number of aliphatic hydroxyl groups is 1. The minimum atomic E-state index is 0.622. The van der Waals surface area contributed by atoms with E-state index < -0.39 is 0 Å². The van der Waals surface area contributed by atoms with Crippen LogP contribution in [0.25, 0.3) is 0 Å². The molecule has 1 unspecified atom stereocenters. The van der Waals surface area contributed by atoms with Crippen LogP contribution in [0.15, 0.2) is 23.0 Å². The number of hydrogen-bond donors (Lipinski definition) is 1. The van der Waals surface area contributed by atoms with Crippen LogP contribution in [-0.4, -0.2) is 5.11 Å². The van der Waals surface area contributed by atoms with E-state index in [1.807, 2.05) is 0 Å². The van der Waals surface area contributed by atoms with Crippen LogP contribution in [-0.2, 0) is 0 Å². The van der Waals surface area contributed by atoms with Crippen molar-refractivity contribution >= 4 is 0 Å². The first-order valence-corrected chi connectivity index (χ1v) is 6.54. The molecule has 1 atom stereocenters. The monoisotopic (exact) mass is 222 g/mol. The fraction of sp³-hybridized carbons (Fsp3) is 0.733. The Morgan fingerprint density at radius 1 is 1.25 bits per heavy atom. The highest BCUT2D eigenvalue weighted by atomic mass is 16.3. The van der Waals surface area contributed by atoms with Crippen LogP contribution in [0, 0.1) is 11.8 Å². The van der Waals surface area contributed by atoms with Crippen LogP contribution in [0.1, 0.15) is 59.8 Å². The minimum Gasteiger partial charge on any atom is -0.512 e. The van der Waals surface area contributed by atoms with Crippen molar-refractivity contribution in [2.75, 3.05) is 0 Å². The van der Waals surface area contributed by atoms with Gasteiger partial charge in [0.15, 0.2) is 0 Å². The Labute approximate surface area is 100 Å². The van der Waals surface area contributed by atoms with E-state index in [-0.39, 0.29) is 0 Å². The molecule has 0 bridgehead atoms. The molecule has 1 aliphatic carbocycles. The van der Waals surface area contributed by atoms with Crippen molar-refractivity contribution in [1.82, 2.24) is 0 Å². The average molecular weight is 222 g/mol. The van der Waals surface area contributed by atoms with Crippen LogP contribution in [0.4, 0.5) is 0 Å². The molecule has 0 aromatic heterocycles. The summed E-state index contributed by atoms with van der Waals surface area (Å²) < 4.78 is 0. The summed E-state index contributed by atoms with van der Waals surface area (Å²) in [6.45, 7) is 8.82. The van der Waals surface area contributed by atoms with Gasteiger partial charge in [0, 0.05) is 6.42 Å². The van der Waals surface area contributed by atoms with E-state index >= 15 is 0 Å². The molecule has 92 valence electrons. The third-order valence-electron chi connectivity index (χ3n) is 3.81. The van der Waals surface area contributed by atoms with Crippen molar-refractivity contribution in [3.05, 3.63) is 23.0 Å². The molecule has 1 N–H and O–H groups in total. The molecule has 1 nitrogen and oxygen atoms in total. The lowest BCUT2D eigenvalue weighted by atomic mass is 9.85. The highest BCUT2D eigenvalue weighted by molar-refractivity contribution is 5.09. The molecule has 0 saturated heterocycles. The van der Waals surface area contributed by atoms with Gasteiger partial charge in [-0.1, -0.05) is 25.5 Å². The maximum absolute atomic E-state index is 10.0. The van der Waals surface area contributed by atoms with Crippen molar-refractivity contribution in [1.29, 1.82) is 0 Å². The SMILES string of the molecule is C/C1=C\CC/C(C)=C(/O)CC(C(C)C)CC1. The van der Waals surface area contributed by atoms with Crippen LogP contribution in [0.5, 0.6) is 0 Å². The van der Waals surface area contributed by atoms with Crippen molar-refractivity contribution in [2.45, 2.75) is 59.8 Å². The van der Waals surface area contributed by atoms with Crippen LogP contribution < -0.4 is 0 Å². The zero-order valence-electron chi connectivity index (χ0n) is 11.2. The van der Waals surface area contributed by atoms with Crippen molar-refractivity contribution in [3.63, 3.8) is 0 Å². The molecule has 1 rings (SSSR count). The van der Waals surface area contributed by atoms with E-state index in [1.54, 1.807) is 0 Å². The standard InChI is InChI=1S/C15H26O/c1-11(2)14-9-8-12(3)6-5-7-13(4)15(16)10-14/h6,11,14,16H,5,7-10H2,1-4H3/b12-6+,15-13+. The van der Waals surface area contributed by atoms with E-state index in [2.05, 4.69) is 33.8 Å². The van der Waals surface area contributed by atoms with Gasteiger partial charge in [0.25, 0.3) is 0 Å². The predicted octanol–water partition coefficient (Wildman–Crippen LogP) is 5.00. The zero-order valence-corrected chi connectivity index (χ0v) is 11.2. The van der Waals surface area contributed by atoms with Gasteiger partial charge in [0.1, 0.15) is 0 Å². The molecule has 0 aromatic rings. The zero-order chi connectivity index (χ0) is 12.1. The maximum Gasteiger partial charge on any atom is 0.0914 e. The fourth-order valence-electron chi connectivity index (χ4n) is 2.29. The molecule has 0 amide bonds. The van der Waals surface area contributed by atoms with E-state index in [4.69, 9.17) is 0 Å². The topological polar surface area (TPSA) is 20.2 Å². The molecule has 0 saturated carbocycles. The van der Waals surface area contributed by atoms with Gasteiger partial charge in [-0.25, -0.2) is 0 Å². The van der Waals surface area contributed by atoms with E-state index in [9.17, 15) is 5.11 Å². The second-order valence-corrected chi connectivity index (χ2v) is 5.56. The van der Waals surface area contributed by atoms with E-state index in [0.717, 1.165) is 19.3 Å². The van der Waals surface area contributed by atoms with Gasteiger partial charge in [-0.05, 0) is 56.9 Å². The molecule has 0 aromatic carbocycles. The lowest BCUT2D eigenvalue weighted by Crippen LogP contribution is -2.11. The summed E-state index contributed by atoms with van der Waals surface area (Å²) in [6, 6.07) is 0. The Bertz CT molecular complexity index is 284. The van der Waals surface area contributed by atoms with Gasteiger partial charge < -0.3 is 5.11 Å². The number of hydrogen-bond acceptors (Lipinski definition) is 1. The maximum atomic E-state index is 10.0. The van der Waals surface area contributed by atoms with Crippen LogP contribution in [0.3, 0.4) is 0 Å². The molecule has 0 spiro atoms. The highest BCUT2D eigenvalue weighted by Gasteiger charge is 2.17. The van der Waals surface area contributed by atoms with Crippen molar-refractivity contribution in [3.8, 4) is 0 Å². The summed E-state index contributed by atoms with van der Waals surface area (Å²) in [7, 11) is 0. The molecule has 0 radical (unpaired) electrons. The summed E-state index contributed by atoms with van der Waals surface area (Å²) in [6.07, 6.45) is 7.69. The number of allylic oxidation sites excluding steroid dienone is 4. The minimum absolute atomic E-state index is 0.622. The fourth-order valence-corrected chi connectivity index (χ4v) is 2.29. The summed E-state index contributed by atoms with van der Waals surface area (Å²) in [4.78, 5) is 0. The third-order valence-corrected chi connectivity index (χ3v) is 3.81. The van der Waals surface area contributed by atoms with E-state index in [0.29, 0.717) is 17.6 Å². The second-order valence-electron chi connectivity index (χ2n) is 5.56. The molecule has 0 heterocycles. The lowest BCUT2D eigenvalue weighted by Gasteiger charge is -2.22. The molecule has 1 heteroatoms. The molecule has 0 aliphatic heterocycles. The van der Waals surface area contributed by atoms with Crippen molar-refractivity contribution in [2.24, 2.45) is 11.8 Å². The molecular formula is C15H26O. The van der Waals surface area contributed by atoms with Gasteiger partial charge in [-0.3, -0.25) is 0 Å². The Balaban J connectivity index is 2.80. The molecule has 0 fully saturated rings. The Hall–Kier alpha value is -0.720. The summed E-state index contributed by atoms with van der Waals surface area (Å²) >= 11 is 0. The quantitative estimate of drug-likeness (QED) is 0.619. The number of aliphatic hydroxyl groups excluding tert-OH is 1. The van der Waals surface area contributed by atoms with Gasteiger partial charge in [-0.2, -0.15) is 0 Å². The Morgan fingerprint density at radius 2 is 1.94 bits per heavy atom. The smallest absolute Gasteiger partial charge is 0.0914 e. The van der Waals surface area contributed by atoms with Gasteiger partial charge >= 0.3 is 0 Å². The first-order valence-electron chi connectivity index (χ1n) is 6.54. The largest absolute Gasteiger partial charge is 0.512 e. The third kappa shape index (κ3) is 4.03. The van der Waals surface area contributed by atoms with Gasteiger partial charge in [-0.15, -0.1) is 0 Å². The first-order chi connectivity index (χ1) is 7.50. The normalized spacial score (nSPS) is 32.3. The Morgan fingerprint density at radius 3 is 2.56 bits per heavy atom. The lowest BCUT2D eigenvalue weighted by molar-refractivity contribution is 0.286. The average Bonchev–Trinajstić information content (AvgIpc) is 2.22. The molecule has 16 heavy (non-hydrogen) atoms. The van der Waals surface area contributed by atoms with Crippen molar-refractivity contribution < 1.29 is 5.11 Å². The van der Waals surface area contributed by atoms with Crippen LogP contribution in [0.2, 0.25) is 0 Å². The predicted molar refractivity (Wildman–Crippen MR) is 70.5 cm³/mol. The first kappa shape index (κ1) is 13.3. The molecular weight excluding hydrogens is 196 g/mol. The summed E-state index contributed by atoms with van der Waals surface area (Å²) in [5.41, 5.74) is 2.69. The van der Waals surface area contributed by atoms with Crippen LogP contribution >= 0.6 is 0 Å². The van der Waals surface area contributed by atoms with Gasteiger partial charge in [0.05, 0.1) is 5.76 Å². The van der Waals surface area contributed by atoms with E-state index in [1.165, 1.54) is 24.0 Å². The summed E-state index contributed by atoms with van der Waals surface area (Å²) in [5.74, 6) is 1.92. The highest BCUT2D eigenvalue weighted by Crippen LogP contribution is 2.29. The second kappa shape index (κ2) is 6.12. The Kier molecular flexibility index (Phi) is 5.11. The summed E-state index contributed by atoms with van der Waals surface area (Å²) in [5, 5.41) is 10.0. The number of rotatable bonds is 1. The molecule has 1 aliphatic rings. The van der Waals surface area contributed by atoms with Gasteiger partial charge in [0.2, 0.25) is 0 Å².